The number of sulfonamides is 1. The van der Waals surface area contributed by atoms with Crippen LogP contribution in [-0.4, -0.2) is 20.9 Å². The van der Waals surface area contributed by atoms with Crippen molar-refractivity contribution in [1.29, 1.82) is 0 Å². The fourth-order valence-electron chi connectivity index (χ4n) is 2.16. The van der Waals surface area contributed by atoms with Crippen LogP contribution in [0.1, 0.15) is 35.2 Å². The van der Waals surface area contributed by atoms with Gasteiger partial charge in [0.05, 0.1) is 10.5 Å². The molecule has 1 aliphatic rings. The van der Waals surface area contributed by atoms with Crippen molar-refractivity contribution in [2.75, 3.05) is 6.54 Å². The average molecular weight is 300 g/mol. The third-order valence-electron chi connectivity index (χ3n) is 3.59. The Balaban J connectivity index is 2.23. The molecule has 0 atom stereocenters. The van der Waals surface area contributed by atoms with Gasteiger partial charge in [0.1, 0.15) is 5.82 Å². The molecule has 5 nitrogen and oxygen atoms in total. The SMILES string of the molecule is Cc1cc(F)c(C(=O)NCC2CCC2)cc1S(N)(=O)=O. The maximum Gasteiger partial charge on any atom is 0.254 e. The van der Waals surface area contributed by atoms with Crippen LogP contribution in [0.15, 0.2) is 17.0 Å². The maximum absolute atomic E-state index is 13.8. The van der Waals surface area contributed by atoms with Gasteiger partial charge in [-0.3, -0.25) is 4.79 Å². The quantitative estimate of drug-likeness (QED) is 0.878. The highest BCUT2D eigenvalue weighted by Gasteiger charge is 2.22. The van der Waals surface area contributed by atoms with E-state index in [1.807, 2.05) is 0 Å². The zero-order chi connectivity index (χ0) is 14.9. The van der Waals surface area contributed by atoms with Crippen LogP contribution in [0.4, 0.5) is 4.39 Å². The molecule has 1 fully saturated rings. The fourth-order valence-corrected chi connectivity index (χ4v) is 2.95. The summed E-state index contributed by atoms with van der Waals surface area (Å²) in [5.74, 6) is -0.925. The van der Waals surface area contributed by atoms with E-state index in [9.17, 15) is 17.6 Å². The number of aryl methyl sites for hydroxylation is 1. The molecule has 110 valence electrons. The molecule has 0 spiro atoms. The third kappa shape index (κ3) is 3.16. The van der Waals surface area contributed by atoms with Crippen LogP contribution in [0.5, 0.6) is 0 Å². The molecule has 1 aliphatic carbocycles. The molecule has 1 aromatic rings. The van der Waals surface area contributed by atoms with E-state index in [4.69, 9.17) is 5.14 Å². The van der Waals surface area contributed by atoms with Gasteiger partial charge in [-0.2, -0.15) is 0 Å². The van der Waals surface area contributed by atoms with Crippen molar-refractivity contribution in [3.8, 4) is 0 Å². The Bertz CT molecular complexity index is 639. The summed E-state index contributed by atoms with van der Waals surface area (Å²) < 4.78 is 36.6. The second kappa shape index (κ2) is 5.49. The summed E-state index contributed by atoms with van der Waals surface area (Å²) in [5.41, 5.74) is -0.112. The molecular weight excluding hydrogens is 283 g/mol. The summed E-state index contributed by atoms with van der Waals surface area (Å²) >= 11 is 0. The zero-order valence-electron chi connectivity index (χ0n) is 11.1. The predicted octanol–water partition coefficient (Wildman–Crippen LogP) is 1.31. The van der Waals surface area contributed by atoms with Crippen LogP contribution in [-0.2, 0) is 10.0 Å². The molecule has 1 amide bonds. The van der Waals surface area contributed by atoms with E-state index in [0.29, 0.717) is 12.5 Å². The Kier molecular flexibility index (Phi) is 4.10. The Labute approximate surface area is 117 Å². The lowest BCUT2D eigenvalue weighted by atomic mass is 9.85. The smallest absolute Gasteiger partial charge is 0.254 e. The molecule has 0 aliphatic heterocycles. The molecule has 0 unspecified atom stereocenters. The highest BCUT2D eigenvalue weighted by Crippen LogP contribution is 2.25. The summed E-state index contributed by atoms with van der Waals surface area (Å²) in [5, 5.41) is 7.67. The highest BCUT2D eigenvalue weighted by molar-refractivity contribution is 7.89. The van der Waals surface area contributed by atoms with Crippen LogP contribution in [0.3, 0.4) is 0 Å². The number of carbonyl (C=O) groups is 1. The van der Waals surface area contributed by atoms with Crippen molar-refractivity contribution < 1.29 is 17.6 Å². The van der Waals surface area contributed by atoms with Crippen LogP contribution in [0.25, 0.3) is 0 Å². The summed E-state index contributed by atoms with van der Waals surface area (Å²) in [4.78, 5) is 11.7. The maximum atomic E-state index is 13.8. The van der Waals surface area contributed by atoms with Gasteiger partial charge in [0.2, 0.25) is 10.0 Å². The highest BCUT2D eigenvalue weighted by atomic mass is 32.2. The molecular formula is C13H17FN2O3S. The van der Waals surface area contributed by atoms with E-state index in [2.05, 4.69) is 5.32 Å². The number of nitrogens with two attached hydrogens (primary N) is 1. The normalized spacial score (nSPS) is 15.8. The standard InChI is InChI=1S/C13H17FN2O3S/c1-8-5-11(14)10(6-12(8)20(15,18)19)13(17)16-7-9-3-2-4-9/h5-6,9H,2-4,7H2,1H3,(H,16,17)(H2,15,18,19). The number of carbonyl (C=O) groups excluding carboxylic acids is 1. The second-order valence-corrected chi connectivity index (χ2v) is 6.68. The molecule has 2 rings (SSSR count). The molecule has 1 saturated carbocycles. The second-order valence-electron chi connectivity index (χ2n) is 5.15. The van der Waals surface area contributed by atoms with Gasteiger partial charge in [0, 0.05) is 6.54 Å². The van der Waals surface area contributed by atoms with Crippen LogP contribution in [0.2, 0.25) is 0 Å². The van der Waals surface area contributed by atoms with Crippen molar-refractivity contribution in [3.63, 3.8) is 0 Å². The van der Waals surface area contributed by atoms with Gasteiger partial charge in [-0.15, -0.1) is 0 Å². The predicted molar refractivity (Wildman–Crippen MR) is 72.2 cm³/mol. The van der Waals surface area contributed by atoms with Crippen molar-refractivity contribution in [2.24, 2.45) is 11.1 Å². The molecule has 1 aromatic carbocycles. The molecule has 0 saturated heterocycles. The fraction of sp³-hybridized carbons (Fsp3) is 0.462. The molecule has 20 heavy (non-hydrogen) atoms. The van der Waals surface area contributed by atoms with Gasteiger partial charge in [0.15, 0.2) is 0 Å². The number of hydrogen-bond donors (Lipinski definition) is 2. The van der Waals surface area contributed by atoms with Crippen molar-refractivity contribution >= 4 is 15.9 Å². The van der Waals surface area contributed by atoms with Crippen molar-refractivity contribution in [3.05, 3.63) is 29.1 Å². The first-order valence-electron chi connectivity index (χ1n) is 6.40. The molecule has 0 heterocycles. The lowest BCUT2D eigenvalue weighted by Gasteiger charge is -2.25. The van der Waals surface area contributed by atoms with Crippen molar-refractivity contribution in [1.82, 2.24) is 5.32 Å². The summed E-state index contributed by atoms with van der Waals surface area (Å²) in [7, 11) is -3.98. The van der Waals surface area contributed by atoms with Gasteiger partial charge in [0.25, 0.3) is 5.91 Å². The number of benzene rings is 1. The van der Waals surface area contributed by atoms with Gasteiger partial charge < -0.3 is 5.32 Å². The van der Waals surface area contributed by atoms with E-state index in [1.54, 1.807) is 0 Å². The van der Waals surface area contributed by atoms with E-state index in [0.717, 1.165) is 31.4 Å². The Hall–Kier alpha value is -1.47. The van der Waals surface area contributed by atoms with E-state index in [-0.39, 0.29) is 16.0 Å². The summed E-state index contributed by atoms with van der Waals surface area (Å²) in [6, 6.07) is 2.01. The first-order valence-corrected chi connectivity index (χ1v) is 7.95. The van der Waals surface area contributed by atoms with Crippen LogP contribution < -0.4 is 10.5 Å². The first kappa shape index (κ1) is 14.9. The Morgan fingerprint density at radius 2 is 2.10 bits per heavy atom. The largest absolute Gasteiger partial charge is 0.352 e. The minimum absolute atomic E-state index is 0.181. The molecule has 0 aromatic heterocycles. The lowest BCUT2D eigenvalue weighted by molar-refractivity contribution is 0.0935. The first-order chi connectivity index (χ1) is 9.29. The van der Waals surface area contributed by atoms with Gasteiger partial charge >= 0.3 is 0 Å². The summed E-state index contributed by atoms with van der Waals surface area (Å²) in [6.45, 7) is 1.91. The third-order valence-corrected chi connectivity index (χ3v) is 4.64. The molecule has 0 radical (unpaired) electrons. The molecule has 7 heteroatoms. The van der Waals surface area contributed by atoms with E-state index in [1.165, 1.54) is 6.92 Å². The Morgan fingerprint density at radius 1 is 1.45 bits per heavy atom. The van der Waals surface area contributed by atoms with E-state index >= 15 is 0 Å². The zero-order valence-corrected chi connectivity index (χ0v) is 12.0. The average Bonchev–Trinajstić information content (AvgIpc) is 2.24. The van der Waals surface area contributed by atoms with Gasteiger partial charge in [-0.05, 0) is 43.4 Å². The monoisotopic (exact) mass is 300 g/mol. The lowest BCUT2D eigenvalue weighted by Crippen LogP contribution is -2.32. The number of rotatable bonds is 4. The number of amides is 1. The molecule has 0 bridgehead atoms. The summed E-state index contributed by atoms with van der Waals surface area (Å²) in [6.07, 6.45) is 3.26. The number of nitrogens with one attached hydrogen (secondary N) is 1. The number of primary sulfonamides is 1. The number of hydrogen-bond acceptors (Lipinski definition) is 3. The van der Waals surface area contributed by atoms with Gasteiger partial charge in [-0.1, -0.05) is 6.42 Å². The van der Waals surface area contributed by atoms with E-state index < -0.39 is 21.7 Å². The minimum atomic E-state index is -3.98. The van der Waals surface area contributed by atoms with Gasteiger partial charge in [-0.25, -0.2) is 17.9 Å². The van der Waals surface area contributed by atoms with Crippen LogP contribution in [0, 0.1) is 18.7 Å². The van der Waals surface area contributed by atoms with Crippen molar-refractivity contribution in [2.45, 2.75) is 31.1 Å². The topological polar surface area (TPSA) is 89.3 Å². The number of halogens is 1. The molecule has 3 N–H and O–H groups in total. The Morgan fingerprint density at radius 3 is 2.60 bits per heavy atom. The van der Waals surface area contributed by atoms with Crippen LogP contribution >= 0.6 is 0 Å². The minimum Gasteiger partial charge on any atom is -0.352 e.